The van der Waals surface area contributed by atoms with Gasteiger partial charge in [0, 0.05) is 6.42 Å². The van der Waals surface area contributed by atoms with E-state index in [-0.39, 0.29) is 31.1 Å². The van der Waals surface area contributed by atoms with Crippen LogP contribution in [0.2, 0.25) is 0 Å². The van der Waals surface area contributed by atoms with Crippen LogP contribution >= 0.6 is 42.6 Å². The molecule has 1 heterocycles. The van der Waals surface area contributed by atoms with Crippen LogP contribution in [0, 0.1) is 0 Å². The van der Waals surface area contributed by atoms with Crippen LogP contribution in [0.5, 0.6) is 11.5 Å². The maximum absolute atomic E-state index is 15.3. The van der Waals surface area contributed by atoms with Crippen molar-refractivity contribution >= 4 is 66.8 Å². The minimum atomic E-state index is -4.96. The Bertz CT molecular complexity index is 2180. The van der Waals surface area contributed by atoms with Crippen LogP contribution in [-0.4, -0.2) is 84.5 Å². The second kappa shape index (κ2) is 39.8. The number of carbonyl (C=O) groups is 4. The van der Waals surface area contributed by atoms with Crippen molar-refractivity contribution < 1.29 is 70.5 Å². The van der Waals surface area contributed by atoms with E-state index < -0.39 is 92.2 Å². The number of amides is 1. The van der Waals surface area contributed by atoms with Crippen LogP contribution in [0.25, 0.3) is 0 Å². The van der Waals surface area contributed by atoms with Gasteiger partial charge in [-0.3, -0.25) is 14.1 Å². The third kappa shape index (κ3) is 29.4. The van der Waals surface area contributed by atoms with Gasteiger partial charge in [0.2, 0.25) is 3.79 Å². The molecular formula is C60H85Cl3NO15P. The number of para-hydroxylation sites is 2. The fourth-order valence-electron chi connectivity index (χ4n) is 8.88. The van der Waals surface area contributed by atoms with Crippen molar-refractivity contribution in [3.63, 3.8) is 0 Å². The SMILES string of the molecule is C=CCO[C@H]1O[C@H](COC(=O)OCc2ccccc2)[C@@H](OP(=O)(Oc2ccccc2)Oc2ccccc2)[C@H](OC(=O)C[C@@H](CCCCCCCCCCC)OC(=O)CCCCCCCCCCCCC)[C@H]1NC(=O)OCC(Cl)(Cl)Cl. The highest BCUT2D eigenvalue weighted by Gasteiger charge is 2.55. The largest absolute Gasteiger partial charge is 0.588 e. The van der Waals surface area contributed by atoms with E-state index in [0.717, 1.165) is 44.9 Å². The monoisotopic (exact) mass is 1200 g/mol. The van der Waals surface area contributed by atoms with Crippen LogP contribution in [0.3, 0.4) is 0 Å². The maximum atomic E-state index is 15.3. The van der Waals surface area contributed by atoms with Crippen LogP contribution < -0.4 is 14.4 Å². The van der Waals surface area contributed by atoms with Gasteiger partial charge in [0.25, 0.3) is 0 Å². The first-order valence-electron chi connectivity index (χ1n) is 28.6. The van der Waals surface area contributed by atoms with E-state index >= 15 is 4.57 Å². The van der Waals surface area contributed by atoms with Crippen molar-refractivity contribution in [3.8, 4) is 11.5 Å². The number of phosphoric acid groups is 1. The van der Waals surface area contributed by atoms with Crippen molar-refractivity contribution in [1.82, 2.24) is 5.32 Å². The minimum Gasteiger partial charge on any atom is -0.462 e. The molecule has 6 atom stereocenters. The fourth-order valence-corrected chi connectivity index (χ4v) is 10.5. The van der Waals surface area contributed by atoms with Gasteiger partial charge in [-0.2, -0.15) is 0 Å². The van der Waals surface area contributed by atoms with Gasteiger partial charge >= 0.3 is 32.0 Å². The number of esters is 2. The second-order valence-corrected chi connectivity index (χ2v) is 23.8. The lowest BCUT2D eigenvalue weighted by Gasteiger charge is -2.45. The molecule has 0 aliphatic carbocycles. The molecule has 446 valence electrons. The Labute approximate surface area is 489 Å². The number of nitrogens with one attached hydrogen (secondary N) is 1. The Morgan fingerprint density at radius 2 is 1.18 bits per heavy atom. The lowest BCUT2D eigenvalue weighted by molar-refractivity contribution is -0.268. The zero-order valence-corrected chi connectivity index (χ0v) is 49.9. The van der Waals surface area contributed by atoms with E-state index in [1.807, 2.05) is 6.07 Å². The van der Waals surface area contributed by atoms with Gasteiger partial charge in [-0.1, -0.05) is 237 Å². The number of unbranched alkanes of at least 4 members (excludes halogenated alkanes) is 18. The molecular weight excluding hydrogens is 1110 g/mol. The first kappa shape index (κ1) is 68.0. The Balaban J connectivity index is 1.68. The highest BCUT2D eigenvalue weighted by Crippen LogP contribution is 2.52. The number of halogens is 3. The number of alkyl carbamates (subject to hydrolysis) is 1. The van der Waals surface area contributed by atoms with Crippen LogP contribution in [0.1, 0.15) is 167 Å². The second-order valence-electron chi connectivity index (χ2n) is 19.9. The Morgan fingerprint density at radius 1 is 0.662 bits per heavy atom. The molecule has 1 fully saturated rings. The van der Waals surface area contributed by atoms with Gasteiger partial charge in [0.15, 0.2) is 12.4 Å². The van der Waals surface area contributed by atoms with Crippen molar-refractivity contribution in [1.29, 1.82) is 0 Å². The fraction of sp³-hybridized carbons (Fsp3) is 0.600. The third-order valence-corrected chi connectivity index (χ3v) is 14.7. The van der Waals surface area contributed by atoms with Crippen LogP contribution in [-0.2, 0) is 58.4 Å². The number of rotatable bonds is 41. The molecule has 0 unspecified atom stereocenters. The van der Waals surface area contributed by atoms with Crippen LogP contribution in [0.15, 0.2) is 104 Å². The molecule has 3 aromatic rings. The topological polar surface area (TPSA) is 190 Å². The first-order valence-corrected chi connectivity index (χ1v) is 31.2. The summed E-state index contributed by atoms with van der Waals surface area (Å²) in [6, 6.07) is 23.3. The zero-order valence-electron chi connectivity index (χ0n) is 46.7. The molecule has 0 radical (unpaired) electrons. The number of ether oxygens (including phenoxy) is 7. The van der Waals surface area contributed by atoms with Crippen molar-refractivity contribution in [3.05, 3.63) is 109 Å². The molecule has 4 rings (SSSR count). The lowest BCUT2D eigenvalue weighted by Crippen LogP contribution is -2.66. The van der Waals surface area contributed by atoms with E-state index in [9.17, 15) is 19.2 Å². The number of carbonyl (C=O) groups excluding carboxylic acids is 4. The molecule has 1 amide bonds. The number of hydrogen-bond acceptors (Lipinski definition) is 15. The molecule has 0 aromatic heterocycles. The number of benzene rings is 3. The molecule has 0 spiro atoms. The van der Waals surface area contributed by atoms with Gasteiger partial charge in [-0.05, 0) is 49.1 Å². The summed E-state index contributed by atoms with van der Waals surface area (Å²) in [7, 11) is -4.96. The highest BCUT2D eigenvalue weighted by atomic mass is 35.6. The van der Waals surface area contributed by atoms with Gasteiger partial charge in [-0.15, -0.1) is 6.58 Å². The number of hydrogen-bond donors (Lipinski definition) is 1. The smallest absolute Gasteiger partial charge is 0.462 e. The summed E-state index contributed by atoms with van der Waals surface area (Å²) in [5, 5.41) is 2.59. The average molecular weight is 1200 g/mol. The van der Waals surface area contributed by atoms with Gasteiger partial charge in [0.05, 0.1) is 13.0 Å². The summed E-state index contributed by atoms with van der Waals surface area (Å²) >= 11 is 17.9. The molecule has 3 aromatic carbocycles. The van der Waals surface area contributed by atoms with Crippen molar-refractivity contribution in [2.75, 3.05) is 19.8 Å². The molecule has 0 saturated carbocycles. The average Bonchev–Trinajstić information content (AvgIpc) is 3.59. The lowest BCUT2D eigenvalue weighted by atomic mass is 9.96. The summed E-state index contributed by atoms with van der Waals surface area (Å²) in [6.45, 7) is 6.41. The maximum Gasteiger partial charge on any atom is 0.588 e. The van der Waals surface area contributed by atoms with Gasteiger partial charge in [-0.25, -0.2) is 14.2 Å². The first-order chi connectivity index (χ1) is 38.7. The minimum absolute atomic E-state index is 0.0563. The van der Waals surface area contributed by atoms with Gasteiger partial charge < -0.3 is 47.5 Å². The molecule has 1 aliphatic heterocycles. The molecule has 1 N–H and O–H groups in total. The Hall–Kier alpha value is -4.54. The van der Waals surface area contributed by atoms with Crippen LogP contribution in [0.4, 0.5) is 9.59 Å². The van der Waals surface area contributed by atoms with E-state index in [2.05, 4.69) is 25.7 Å². The number of phosphoric ester groups is 1. The van der Waals surface area contributed by atoms with Crippen molar-refractivity contribution in [2.45, 2.75) is 209 Å². The predicted molar refractivity (Wildman–Crippen MR) is 310 cm³/mol. The quantitative estimate of drug-likeness (QED) is 0.0141. The predicted octanol–water partition coefficient (Wildman–Crippen LogP) is 16.2. The third-order valence-electron chi connectivity index (χ3n) is 13.0. The normalized spacial score (nSPS) is 17.6. The summed E-state index contributed by atoms with van der Waals surface area (Å²) in [6.07, 6.45) is 13.3. The van der Waals surface area contributed by atoms with E-state index in [0.29, 0.717) is 24.8 Å². The Kier molecular flexibility index (Phi) is 33.8. The summed E-state index contributed by atoms with van der Waals surface area (Å²) in [4.78, 5) is 55.2. The number of alkyl halides is 3. The summed E-state index contributed by atoms with van der Waals surface area (Å²) < 4.78 is 72.9. The van der Waals surface area contributed by atoms with E-state index in [4.69, 9.17) is 81.5 Å². The molecule has 1 saturated heterocycles. The summed E-state index contributed by atoms with van der Waals surface area (Å²) in [5.74, 6) is -1.24. The molecule has 1 aliphatic rings. The summed E-state index contributed by atoms with van der Waals surface area (Å²) in [5.41, 5.74) is 0.674. The standard InChI is InChI=1S/C60H85Cl3NO15P/c1-4-7-9-11-13-15-16-18-20-22-33-41-52(65)74-50(40-28-21-19-17-14-12-10-8-5-2)43-53(66)76-56-54(64-58(67)73-46-60(61,62)63)57(70-42-6-3)75-51(45-72-59(68)71-44-47-34-26-23-27-35-47)55(56)79-80(69,77-48-36-29-24-30-37-48)78-49-38-31-25-32-39-49/h6,23-27,29-32,34-39,50-51,54-57H,3-5,7-22,28,33,40-46H2,1-2H3,(H,64,67)/t50-,51-,54-,55-,56-,57+/m1/s1. The molecule has 20 heteroatoms. The molecule has 16 nitrogen and oxygen atoms in total. The highest BCUT2D eigenvalue weighted by molar-refractivity contribution is 7.49. The Morgan fingerprint density at radius 3 is 1.70 bits per heavy atom. The van der Waals surface area contributed by atoms with E-state index in [1.54, 1.807) is 60.7 Å². The molecule has 0 bridgehead atoms. The molecule has 80 heavy (non-hydrogen) atoms. The van der Waals surface area contributed by atoms with Gasteiger partial charge in [0.1, 0.15) is 55.7 Å². The zero-order chi connectivity index (χ0) is 57.7. The van der Waals surface area contributed by atoms with E-state index in [1.165, 1.54) is 101 Å². The van der Waals surface area contributed by atoms with Crippen molar-refractivity contribution in [2.24, 2.45) is 0 Å².